The Kier molecular flexibility index (Phi) is 7.62. The van der Waals surface area contributed by atoms with Crippen LogP contribution in [-0.2, 0) is 22.6 Å². The highest BCUT2D eigenvalue weighted by Crippen LogP contribution is 2.34. The van der Waals surface area contributed by atoms with Gasteiger partial charge in [-0.2, -0.15) is 0 Å². The molecule has 0 aliphatic carbocycles. The smallest absolute Gasteiger partial charge is 0.245 e. The number of hydrogen-bond acceptors (Lipinski definition) is 5. The molecule has 32 heavy (non-hydrogen) atoms. The van der Waals surface area contributed by atoms with E-state index in [2.05, 4.69) is 5.32 Å². The number of nitrogens with one attached hydrogen (secondary N) is 1. The largest absolute Gasteiger partial charge is 0.494 e. The minimum absolute atomic E-state index is 0.0196. The number of amides is 2. The molecule has 7 heteroatoms. The highest BCUT2D eigenvalue weighted by molar-refractivity contribution is 5.94. The highest BCUT2D eigenvalue weighted by Gasteiger charge is 2.47. The van der Waals surface area contributed by atoms with Crippen molar-refractivity contribution in [3.8, 4) is 17.2 Å². The molecule has 172 valence electrons. The number of ether oxygens (including phenoxy) is 3. The summed E-state index contributed by atoms with van der Waals surface area (Å²) in [6.07, 6.45) is 1.49. The molecule has 2 aromatic rings. The average molecular weight is 441 g/mol. The molecule has 1 fully saturated rings. The molecule has 1 heterocycles. The second-order valence-electron chi connectivity index (χ2n) is 7.99. The summed E-state index contributed by atoms with van der Waals surface area (Å²) in [5, 5.41) is 3.02. The van der Waals surface area contributed by atoms with E-state index in [0.29, 0.717) is 50.5 Å². The van der Waals surface area contributed by atoms with Crippen molar-refractivity contribution in [1.82, 2.24) is 10.2 Å². The van der Waals surface area contributed by atoms with Gasteiger partial charge in [0.1, 0.15) is 11.3 Å². The van der Waals surface area contributed by atoms with Crippen LogP contribution in [0.4, 0.5) is 0 Å². The van der Waals surface area contributed by atoms with Crippen LogP contribution >= 0.6 is 0 Å². The van der Waals surface area contributed by atoms with E-state index in [1.54, 1.807) is 19.1 Å². The molecular formula is C25H32N2O5. The standard InChI is InChI=1S/C25H32N2O5/c1-5-32-20-9-7-6-8-19(20)17-27-23(28)12-14-25(27,2)24(29)26-15-13-18-10-11-21(30-3)22(16-18)31-4/h6-11,16H,5,12-15,17H2,1-4H3,(H,26,29). The summed E-state index contributed by atoms with van der Waals surface area (Å²) in [5.41, 5.74) is 1.03. The summed E-state index contributed by atoms with van der Waals surface area (Å²) in [7, 11) is 3.19. The van der Waals surface area contributed by atoms with Crippen molar-refractivity contribution >= 4 is 11.8 Å². The molecule has 2 amide bonds. The van der Waals surface area contributed by atoms with E-state index in [9.17, 15) is 9.59 Å². The minimum Gasteiger partial charge on any atom is -0.494 e. The fourth-order valence-electron chi connectivity index (χ4n) is 4.04. The quantitative estimate of drug-likeness (QED) is 0.613. The molecule has 1 unspecified atom stereocenters. The molecule has 1 saturated heterocycles. The Hall–Kier alpha value is -3.22. The van der Waals surface area contributed by atoms with Gasteiger partial charge in [-0.15, -0.1) is 0 Å². The fraction of sp³-hybridized carbons (Fsp3) is 0.440. The van der Waals surface area contributed by atoms with Gasteiger partial charge in [0.15, 0.2) is 11.5 Å². The highest BCUT2D eigenvalue weighted by atomic mass is 16.5. The van der Waals surface area contributed by atoms with Crippen LogP contribution in [0.15, 0.2) is 42.5 Å². The predicted molar refractivity (Wildman–Crippen MR) is 122 cm³/mol. The first-order chi connectivity index (χ1) is 15.4. The Bertz CT molecular complexity index is 961. The van der Waals surface area contributed by atoms with Crippen LogP contribution in [0.1, 0.15) is 37.8 Å². The van der Waals surface area contributed by atoms with Crippen LogP contribution in [0.2, 0.25) is 0 Å². The zero-order chi connectivity index (χ0) is 23.1. The van der Waals surface area contributed by atoms with Gasteiger partial charge in [-0.1, -0.05) is 24.3 Å². The third kappa shape index (κ3) is 4.98. The van der Waals surface area contributed by atoms with Crippen molar-refractivity contribution in [2.75, 3.05) is 27.4 Å². The van der Waals surface area contributed by atoms with E-state index >= 15 is 0 Å². The van der Waals surface area contributed by atoms with E-state index in [1.807, 2.05) is 56.3 Å². The van der Waals surface area contributed by atoms with Crippen LogP contribution < -0.4 is 19.5 Å². The zero-order valence-corrected chi connectivity index (χ0v) is 19.3. The molecule has 1 N–H and O–H groups in total. The lowest BCUT2D eigenvalue weighted by atomic mass is 9.96. The lowest BCUT2D eigenvalue weighted by Crippen LogP contribution is -2.54. The Balaban J connectivity index is 1.66. The van der Waals surface area contributed by atoms with Crippen molar-refractivity contribution in [1.29, 1.82) is 0 Å². The Morgan fingerprint density at radius 3 is 2.56 bits per heavy atom. The lowest BCUT2D eigenvalue weighted by molar-refractivity contribution is -0.141. The summed E-state index contributed by atoms with van der Waals surface area (Å²) < 4.78 is 16.3. The summed E-state index contributed by atoms with van der Waals surface area (Å²) in [4.78, 5) is 27.5. The SMILES string of the molecule is CCOc1ccccc1CN1C(=O)CCC1(C)C(=O)NCCc1ccc(OC)c(OC)c1. The summed E-state index contributed by atoms with van der Waals surface area (Å²) in [6, 6.07) is 13.4. The number of hydrogen-bond donors (Lipinski definition) is 1. The number of carbonyl (C=O) groups excluding carboxylic acids is 2. The average Bonchev–Trinajstić information content (AvgIpc) is 3.10. The minimum atomic E-state index is -0.895. The van der Waals surface area contributed by atoms with Crippen LogP contribution in [-0.4, -0.2) is 49.6 Å². The number of rotatable bonds is 10. The molecule has 0 bridgehead atoms. The second-order valence-corrected chi connectivity index (χ2v) is 7.99. The second kappa shape index (κ2) is 10.4. The van der Waals surface area contributed by atoms with Gasteiger partial charge in [-0.25, -0.2) is 0 Å². The van der Waals surface area contributed by atoms with Gasteiger partial charge in [0.25, 0.3) is 0 Å². The van der Waals surface area contributed by atoms with Crippen molar-refractivity contribution in [2.24, 2.45) is 0 Å². The topological polar surface area (TPSA) is 77.1 Å². The first-order valence-corrected chi connectivity index (χ1v) is 10.9. The van der Waals surface area contributed by atoms with Crippen molar-refractivity contribution in [2.45, 2.75) is 45.2 Å². The monoisotopic (exact) mass is 440 g/mol. The summed E-state index contributed by atoms with van der Waals surface area (Å²) >= 11 is 0. The Morgan fingerprint density at radius 1 is 1.09 bits per heavy atom. The molecule has 0 spiro atoms. The number of benzene rings is 2. The van der Waals surface area contributed by atoms with E-state index in [1.165, 1.54) is 0 Å². The molecule has 1 aliphatic heterocycles. The third-order valence-corrected chi connectivity index (χ3v) is 5.96. The van der Waals surface area contributed by atoms with Crippen molar-refractivity contribution in [3.05, 3.63) is 53.6 Å². The fourth-order valence-corrected chi connectivity index (χ4v) is 4.04. The first-order valence-electron chi connectivity index (χ1n) is 10.9. The zero-order valence-electron chi connectivity index (χ0n) is 19.3. The predicted octanol–water partition coefficient (Wildman–Crippen LogP) is 3.34. The number of nitrogens with zero attached hydrogens (tertiary/aromatic N) is 1. The van der Waals surface area contributed by atoms with E-state index < -0.39 is 5.54 Å². The number of carbonyl (C=O) groups is 2. The molecule has 1 atom stereocenters. The van der Waals surface area contributed by atoms with Crippen LogP contribution in [0.3, 0.4) is 0 Å². The molecule has 0 saturated carbocycles. The maximum atomic E-state index is 13.2. The molecule has 1 aliphatic rings. The third-order valence-electron chi connectivity index (χ3n) is 5.96. The molecule has 0 radical (unpaired) electrons. The molecule has 3 rings (SSSR count). The summed E-state index contributed by atoms with van der Waals surface area (Å²) in [5.74, 6) is 1.90. The van der Waals surface area contributed by atoms with Gasteiger partial charge >= 0.3 is 0 Å². The Morgan fingerprint density at radius 2 is 1.84 bits per heavy atom. The normalized spacial score (nSPS) is 17.9. The van der Waals surface area contributed by atoms with Gasteiger partial charge in [-0.05, 0) is 50.5 Å². The number of likely N-dealkylation sites (tertiary alicyclic amines) is 1. The molecule has 7 nitrogen and oxygen atoms in total. The molecular weight excluding hydrogens is 408 g/mol. The first kappa shape index (κ1) is 23.4. The van der Waals surface area contributed by atoms with Crippen molar-refractivity contribution < 1.29 is 23.8 Å². The van der Waals surface area contributed by atoms with Gasteiger partial charge in [0.2, 0.25) is 11.8 Å². The Labute approximate surface area is 189 Å². The van der Waals surface area contributed by atoms with E-state index in [-0.39, 0.29) is 11.8 Å². The van der Waals surface area contributed by atoms with Gasteiger partial charge < -0.3 is 24.4 Å². The van der Waals surface area contributed by atoms with E-state index in [4.69, 9.17) is 14.2 Å². The maximum Gasteiger partial charge on any atom is 0.245 e. The van der Waals surface area contributed by atoms with Gasteiger partial charge in [-0.3, -0.25) is 9.59 Å². The summed E-state index contributed by atoms with van der Waals surface area (Å²) in [6.45, 7) is 5.11. The number of para-hydroxylation sites is 1. The lowest BCUT2D eigenvalue weighted by Gasteiger charge is -2.34. The van der Waals surface area contributed by atoms with Crippen LogP contribution in [0.5, 0.6) is 17.2 Å². The number of methoxy groups -OCH3 is 2. The van der Waals surface area contributed by atoms with Gasteiger partial charge in [0.05, 0.1) is 27.4 Å². The van der Waals surface area contributed by atoms with Gasteiger partial charge in [0, 0.05) is 18.5 Å². The van der Waals surface area contributed by atoms with Crippen molar-refractivity contribution in [3.63, 3.8) is 0 Å². The van der Waals surface area contributed by atoms with Crippen LogP contribution in [0, 0.1) is 0 Å². The molecule has 0 aromatic heterocycles. The van der Waals surface area contributed by atoms with E-state index in [0.717, 1.165) is 16.9 Å². The molecule has 2 aromatic carbocycles. The maximum absolute atomic E-state index is 13.2. The van der Waals surface area contributed by atoms with Crippen LogP contribution in [0.25, 0.3) is 0 Å².